The normalized spacial score (nSPS) is 18.9. The predicted molar refractivity (Wildman–Crippen MR) is 89.8 cm³/mol. The first kappa shape index (κ1) is 17.9. The van der Waals surface area contributed by atoms with Crippen LogP contribution in [-0.4, -0.2) is 26.9 Å². The van der Waals surface area contributed by atoms with Crippen molar-refractivity contribution in [2.45, 2.75) is 39.6 Å². The largest absolute Gasteiger partial charge is 0.446 e. The second-order valence-corrected chi connectivity index (χ2v) is 8.88. The molecule has 0 unspecified atom stereocenters. The first-order chi connectivity index (χ1) is 10.3. The van der Waals surface area contributed by atoms with Gasteiger partial charge in [-0.1, -0.05) is 34.7 Å². The maximum Gasteiger partial charge on any atom is 0.446 e. The van der Waals surface area contributed by atoms with Crippen LogP contribution in [0.5, 0.6) is 0 Å². The molecule has 22 heavy (non-hydrogen) atoms. The molecular weight excluding hydrogens is 424 g/mol. The first-order valence-electron chi connectivity index (χ1n) is 6.93. The Hall–Kier alpha value is -0.460. The van der Waals surface area contributed by atoms with E-state index in [-0.39, 0.29) is 20.1 Å². The van der Waals surface area contributed by atoms with Gasteiger partial charge in [0.05, 0.1) is 6.07 Å². The fourth-order valence-electron chi connectivity index (χ4n) is 2.53. The molecule has 0 aliphatic carbocycles. The molecule has 1 aliphatic heterocycles. The van der Waals surface area contributed by atoms with Gasteiger partial charge >= 0.3 is 5.51 Å². The predicted octanol–water partition coefficient (Wildman–Crippen LogP) is 4.98. The Labute approximate surface area is 146 Å². The highest BCUT2D eigenvalue weighted by atomic mass is 127. The van der Waals surface area contributed by atoms with Crippen LogP contribution in [0.3, 0.4) is 0 Å². The minimum absolute atomic E-state index is 0.0526. The van der Waals surface area contributed by atoms with Gasteiger partial charge in [-0.25, -0.2) is 0 Å². The van der Waals surface area contributed by atoms with Crippen molar-refractivity contribution < 1.29 is 13.2 Å². The maximum atomic E-state index is 12.4. The number of alkyl halides is 4. The number of halogens is 4. The molecule has 1 aromatic carbocycles. The quantitative estimate of drug-likeness (QED) is 0.376. The molecule has 0 spiro atoms. The van der Waals surface area contributed by atoms with Crippen molar-refractivity contribution >= 4 is 34.4 Å². The fourth-order valence-corrected chi connectivity index (χ4v) is 3.81. The van der Waals surface area contributed by atoms with Crippen LogP contribution in [0.1, 0.15) is 24.8 Å². The minimum Gasteiger partial charge on any atom is -0.299 e. The van der Waals surface area contributed by atoms with E-state index in [1.807, 2.05) is 6.07 Å². The Kier molecular flexibility index (Phi) is 6.02. The number of hydrogen-bond donors (Lipinski definition) is 0. The molecule has 1 heterocycles. The standard InChI is InChI=1S/C15H16F3IN2S/c16-15(17,18)22-13-3-1-2-12(10-13)11-21-8-5-14(19,4-7-20)6-9-21/h1-3,10H,4-6,8-9,11H2. The molecule has 0 saturated carbocycles. The van der Waals surface area contributed by atoms with E-state index in [1.165, 1.54) is 6.07 Å². The summed E-state index contributed by atoms with van der Waals surface area (Å²) in [4.78, 5) is 2.47. The van der Waals surface area contributed by atoms with E-state index in [4.69, 9.17) is 5.26 Å². The zero-order valence-electron chi connectivity index (χ0n) is 11.9. The number of hydrogen-bond acceptors (Lipinski definition) is 3. The molecule has 1 saturated heterocycles. The number of rotatable bonds is 4. The lowest BCUT2D eigenvalue weighted by Crippen LogP contribution is -2.40. The molecule has 0 N–H and O–H groups in total. The van der Waals surface area contributed by atoms with Gasteiger partial charge in [-0.2, -0.15) is 18.4 Å². The average Bonchev–Trinajstić information content (AvgIpc) is 2.40. The van der Waals surface area contributed by atoms with E-state index in [2.05, 4.69) is 33.6 Å². The lowest BCUT2D eigenvalue weighted by atomic mass is 9.94. The van der Waals surface area contributed by atoms with Gasteiger partial charge in [0.1, 0.15) is 0 Å². The van der Waals surface area contributed by atoms with Crippen LogP contribution in [0.4, 0.5) is 13.2 Å². The molecule has 2 nitrogen and oxygen atoms in total. The molecule has 2 rings (SSSR count). The third-order valence-corrected chi connectivity index (χ3v) is 5.87. The Morgan fingerprint density at radius 2 is 2.00 bits per heavy atom. The molecule has 0 bridgehead atoms. The summed E-state index contributed by atoms with van der Waals surface area (Å²) in [5.74, 6) is 0. The molecular formula is C15H16F3IN2S. The van der Waals surface area contributed by atoms with Crippen molar-refractivity contribution in [2.75, 3.05) is 13.1 Å². The molecule has 1 fully saturated rings. The molecule has 1 aromatic rings. The Morgan fingerprint density at radius 1 is 1.32 bits per heavy atom. The number of piperidine rings is 1. The van der Waals surface area contributed by atoms with E-state index < -0.39 is 5.51 Å². The van der Waals surface area contributed by atoms with Crippen LogP contribution < -0.4 is 0 Å². The van der Waals surface area contributed by atoms with E-state index >= 15 is 0 Å². The third kappa shape index (κ3) is 5.63. The van der Waals surface area contributed by atoms with E-state index in [9.17, 15) is 13.2 Å². The number of benzene rings is 1. The van der Waals surface area contributed by atoms with Gasteiger partial charge in [0, 0.05) is 21.3 Å². The summed E-state index contributed by atoms with van der Waals surface area (Å²) in [5.41, 5.74) is -3.35. The number of nitriles is 1. The summed E-state index contributed by atoms with van der Waals surface area (Å²) in [6.45, 7) is 2.41. The Bertz CT molecular complexity index is 548. The molecule has 7 heteroatoms. The van der Waals surface area contributed by atoms with Crippen molar-refractivity contribution in [2.24, 2.45) is 0 Å². The SMILES string of the molecule is N#CCC1(I)CCN(Cc2cccc(SC(F)(F)F)c2)CC1. The maximum absolute atomic E-state index is 12.4. The summed E-state index contributed by atoms with van der Waals surface area (Å²) < 4.78 is 37.3. The lowest BCUT2D eigenvalue weighted by Gasteiger charge is -2.36. The van der Waals surface area contributed by atoms with Crippen LogP contribution in [-0.2, 0) is 6.54 Å². The fraction of sp³-hybridized carbons (Fsp3) is 0.533. The van der Waals surface area contributed by atoms with Gasteiger partial charge in [-0.3, -0.25) is 4.90 Å². The highest BCUT2D eigenvalue weighted by Crippen LogP contribution is 2.38. The molecule has 0 radical (unpaired) electrons. The van der Waals surface area contributed by atoms with Gasteiger partial charge in [-0.15, -0.1) is 0 Å². The third-order valence-electron chi connectivity index (χ3n) is 3.69. The summed E-state index contributed by atoms with van der Waals surface area (Å²) in [7, 11) is 0. The van der Waals surface area contributed by atoms with Crippen molar-refractivity contribution in [1.29, 1.82) is 5.26 Å². The highest BCUT2D eigenvalue weighted by Gasteiger charge is 2.32. The summed E-state index contributed by atoms with van der Waals surface area (Å²) >= 11 is 2.30. The zero-order valence-corrected chi connectivity index (χ0v) is 14.8. The van der Waals surface area contributed by atoms with Crippen molar-refractivity contribution in [1.82, 2.24) is 4.90 Å². The molecule has 0 amide bonds. The van der Waals surface area contributed by atoms with Gasteiger partial charge in [0.2, 0.25) is 0 Å². The topological polar surface area (TPSA) is 27.0 Å². The van der Waals surface area contributed by atoms with E-state index in [0.29, 0.717) is 13.0 Å². The molecule has 0 atom stereocenters. The average molecular weight is 440 g/mol. The lowest BCUT2D eigenvalue weighted by molar-refractivity contribution is -0.0328. The monoisotopic (exact) mass is 440 g/mol. The van der Waals surface area contributed by atoms with Gasteiger partial charge in [-0.05, 0) is 55.4 Å². The highest BCUT2D eigenvalue weighted by molar-refractivity contribution is 14.1. The van der Waals surface area contributed by atoms with Crippen LogP contribution in [0.25, 0.3) is 0 Å². The minimum atomic E-state index is -4.25. The van der Waals surface area contributed by atoms with Crippen LogP contribution in [0.2, 0.25) is 0 Å². The number of nitrogens with zero attached hydrogens (tertiary/aromatic N) is 2. The summed E-state index contributed by atoms with van der Waals surface area (Å²) in [6, 6.07) is 8.87. The van der Waals surface area contributed by atoms with Crippen LogP contribution in [0, 0.1) is 11.3 Å². The van der Waals surface area contributed by atoms with Crippen LogP contribution in [0.15, 0.2) is 29.2 Å². The Balaban J connectivity index is 1.93. The zero-order chi connectivity index (χ0) is 16.2. The van der Waals surface area contributed by atoms with Gasteiger partial charge in [0.25, 0.3) is 0 Å². The van der Waals surface area contributed by atoms with Crippen molar-refractivity contribution in [3.63, 3.8) is 0 Å². The van der Waals surface area contributed by atoms with E-state index in [1.54, 1.807) is 12.1 Å². The van der Waals surface area contributed by atoms with E-state index in [0.717, 1.165) is 31.5 Å². The smallest absolute Gasteiger partial charge is 0.299 e. The number of likely N-dealkylation sites (tertiary alicyclic amines) is 1. The van der Waals surface area contributed by atoms with Gasteiger partial charge < -0.3 is 0 Å². The number of thioether (sulfide) groups is 1. The first-order valence-corrected chi connectivity index (χ1v) is 8.82. The Morgan fingerprint density at radius 3 is 2.59 bits per heavy atom. The van der Waals surface area contributed by atoms with Gasteiger partial charge in [0.15, 0.2) is 0 Å². The molecule has 120 valence electrons. The van der Waals surface area contributed by atoms with Crippen molar-refractivity contribution in [3.05, 3.63) is 29.8 Å². The summed E-state index contributed by atoms with van der Waals surface area (Å²) in [5, 5.41) is 8.85. The second-order valence-electron chi connectivity index (χ2n) is 5.46. The van der Waals surface area contributed by atoms with Crippen LogP contribution >= 0.6 is 34.4 Å². The summed E-state index contributed by atoms with van der Waals surface area (Å²) in [6.07, 6.45) is 2.44. The molecule has 1 aliphatic rings. The molecule has 0 aromatic heterocycles. The second kappa shape index (κ2) is 7.41. The van der Waals surface area contributed by atoms with Crippen molar-refractivity contribution in [3.8, 4) is 6.07 Å².